The van der Waals surface area contributed by atoms with Crippen LogP contribution in [0.15, 0.2) is 65.7 Å². The highest BCUT2D eigenvalue weighted by molar-refractivity contribution is 5.93. The summed E-state index contributed by atoms with van der Waals surface area (Å²) in [4.78, 5) is 81.1. The fraction of sp³-hybridized carbons (Fsp3) is 0.419. The van der Waals surface area contributed by atoms with Crippen LogP contribution in [0.25, 0.3) is 0 Å². The van der Waals surface area contributed by atoms with Crippen LogP contribution in [-0.2, 0) is 41.9 Å². The Labute approximate surface area is 276 Å². The third-order valence-corrected chi connectivity index (χ3v) is 7.21. The number of nitrogens with two attached hydrogens (primary N) is 1. The first-order valence-electron chi connectivity index (χ1n) is 15.2. The van der Waals surface area contributed by atoms with Gasteiger partial charge in [-0.1, -0.05) is 66.1 Å². The predicted molar refractivity (Wildman–Crippen MR) is 171 cm³/mol. The maximum absolute atomic E-state index is 13.7. The molecule has 2 aromatic rings. The zero-order valence-corrected chi connectivity index (χ0v) is 26.5. The zero-order valence-electron chi connectivity index (χ0n) is 26.5. The fourth-order valence-electron chi connectivity index (χ4n) is 4.78. The van der Waals surface area contributed by atoms with E-state index in [0.29, 0.717) is 12.8 Å². The molecule has 17 nitrogen and oxygen atoms in total. The number of carbonyl (C=O) groups excluding carboxylic acids is 5. The van der Waals surface area contributed by atoms with Crippen LogP contribution >= 0.6 is 0 Å². The first kappa shape index (κ1) is 36.7. The summed E-state index contributed by atoms with van der Waals surface area (Å²) in [6.45, 7) is -0.559. The smallest absolute Gasteiger partial charge is 0.407 e. The minimum atomic E-state index is -1.12. The van der Waals surface area contributed by atoms with Gasteiger partial charge in [0.25, 0.3) is 5.96 Å². The molecule has 2 aromatic carbocycles. The van der Waals surface area contributed by atoms with E-state index in [2.05, 4.69) is 15.6 Å². The van der Waals surface area contributed by atoms with E-state index in [0.717, 1.165) is 16.0 Å². The van der Waals surface area contributed by atoms with Gasteiger partial charge < -0.3 is 35.6 Å². The lowest BCUT2D eigenvalue weighted by molar-refractivity contribution is -0.525. The van der Waals surface area contributed by atoms with E-state index in [1.54, 1.807) is 29.7 Å². The van der Waals surface area contributed by atoms with E-state index in [1.807, 2.05) is 36.4 Å². The zero-order chi connectivity index (χ0) is 34.9. The van der Waals surface area contributed by atoms with Crippen molar-refractivity contribution in [2.75, 3.05) is 33.2 Å². The lowest BCUT2D eigenvalue weighted by Crippen LogP contribution is -2.53. The van der Waals surface area contributed by atoms with Crippen LogP contribution in [0.4, 0.5) is 4.79 Å². The first-order chi connectivity index (χ1) is 23.0. The van der Waals surface area contributed by atoms with Crippen molar-refractivity contribution in [2.45, 2.75) is 51.0 Å². The number of nitrogens with zero attached hydrogens (tertiary/aromatic N) is 4. The largest absolute Gasteiger partial charge is 0.459 e. The van der Waals surface area contributed by atoms with E-state index in [1.165, 1.54) is 11.9 Å². The fourth-order valence-corrected chi connectivity index (χ4v) is 4.78. The normalized spacial score (nSPS) is 14.7. The number of hydrazine groups is 1. The number of rotatable bonds is 16. The number of esters is 1. The summed E-state index contributed by atoms with van der Waals surface area (Å²) in [5, 5.41) is 14.7. The van der Waals surface area contributed by atoms with Crippen LogP contribution in [0.5, 0.6) is 0 Å². The Bertz CT molecular complexity index is 1440. The molecular weight excluding hydrogens is 628 g/mol. The molecule has 1 saturated heterocycles. The highest BCUT2D eigenvalue weighted by Gasteiger charge is 2.38. The molecule has 17 heteroatoms. The number of likely N-dealkylation sites (tertiary alicyclic amines) is 1. The van der Waals surface area contributed by atoms with Gasteiger partial charge in [-0.2, -0.15) is 0 Å². The van der Waals surface area contributed by atoms with Gasteiger partial charge in [0.05, 0.1) is 6.54 Å². The maximum atomic E-state index is 13.7. The Morgan fingerprint density at radius 2 is 1.67 bits per heavy atom. The minimum Gasteiger partial charge on any atom is -0.459 e. The van der Waals surface area contributed by atoms with Gasteiger partial charge in [0.15, 0.2) is 5.03 Å². The number of aliphatic imine (C=N–C) groups is 1. The second-order valence-corrected chi connectivity index (χ2v) is 10.8. The quantitative estimate of drug-likeness (QED) is 0.0480. The average molecular weight is 669 g/mol. The minimum absolute atomic E-state index is 0.000695. The molecular formula is C31H40N8O9. The molecule has 0 saturated carbocycles. The molecule has 0 bridgehead atoms. The van der Waals surface area contributed by atoms with Gasteiger partial charge in [0.2, 0.25) is 17.7 Å². The van der Waals surface area contributed by atoms with Gasteiger partial charge >= 0.3 is 12.1 Å². The van der Waals surface area contributed by atoms with E-state index in [9.17, 15) is 34.1 Å². The Balaban J connectivity index is 1.57. The highest BCUT2D eigenvalue weighted by atomic mass is 16.7. The summed E-state index contributed by atoms with van der Waals surface area (Å²) in [7, 11) is 1.36. The van der Waals surface area contributed by atoms with Gasteiger partial charge in [-0.15, -0.1) is 0 Å². The van der Waals surface area contributed by atoms with E-state index in [-0.39, 0.29) is 39.1 Å². The highest BCUT2D eigenvalue weighted by Crippen LogP contribution is 2.21. The van der Waals surface area contributed by atoms with Crippen molar-refractivity contribution >= 4 is 35.7 Å². The number of nitrogens with one attached hydrogen (secondary N) is 3. The van der Waals surface area contributed by atoms with Crippen molar-refractivity contribution < 1.29 is 38.5 Å². The van der Waals surface area contributed by atoms with Crippen molar-refractivity contribution in [3.05, 3.63) is 81.9 Å². The number of guanidine groups is 1. The third kappa shape index (κ3) is 12.6. The Morgan fingerprint density at radius 1 is 1.04 bits per heavy atom. The van der Waals surface area contributed by atoms with Crippen LogP contribution in [-0.4, -0.2) is 95.9 Å². The number of ether oxygens (including phenoxy) is 2. The number of hydrogen-bond acceptors (Lipinski definition) is 10. The second kappa shape index (κ2) is 19.0. The summed E-state index contributed by atoms with van der Waals surface area (Å²) in [5.41, 5.74) is 8.73. The van der Waals surface area contributed by atoms with Crippen molar-refractivity contribution in [3.63, 3.8) is 0 Å². The molecule has 1 aliphatic heterocycles. The molecule has 3 rings (SSSR count). The van der Waals surface area contributed by atoms with Crippen LogP contribution in [0, 0.1) is 10.1 Å². The molecule has 2 atom stereocenters. The number of carbonyl (C=O) groups is 5. The van der Waals surface area contributed by atoms with Crippen LogP contribution in [0.3, 0.4) is 0 Å². The number of alkyl carbamates (subject to hydrolysis) is 1. The molecule has 1 fully saturated rings. The molecule has 1 heterocycles. The number of amides is 4. The topological polar surface area (TPSA) is 228 Å². The Morgan fingerprint density at radius 3 is 2.29 bits per heavy atom. The lowest BCUT2D eigenvalue weighted by atomic mass is 10.1. The number of likely N-dealkylation sites (N-methyl/N-ethyl adjacent to an activating group) is 1. The van der Waals surface area contributed by atoms with Gasteiger partial charge in [-0.05, 0) is 36.8 Å². The van der Waals surface area contributed by atoms with Crippen LogP contribution in [0.2, 0.25) is 0 Å². The van der Waals surface area contributed by atoms with Crippen LogP contribution in [0.1, 0.15) is 36.8 Å². The standard InChI is InChI=1S/C31H40N8O9/c1-37(27(41)18-34-31(44)48-21-23-12-6-3-7-13-23)19-26(40)35-24(14-8-16-33-30(32)36-39(45)46)28(42)38-17-9-15-25(38)29(43)47-20-22-10-4-2-5-11-22/h2-7,10-13,24-25H,8-9,14-21H2,1H3,(H,34,44)(H,35,40)(H3,32,33,36)/t24-,25-/m0/s1. The molecule has 5 N–H and O–H groups in total. The Hall–Kier alpha value is -5.74. The summed E-state index contributed by atoms with van der Waals surface area (Å²) in [5.74, 6) is -2.78. The second-order valence-electron chi connectivity index (χ2n) is 10.8. The Kier molecular flexibility index (Phi) is 14.6. The molecule has 4 amide bonds. The van der Waals surface area contributed by atoms with Crippen molar-refractivity contribution in [2.24, 2.45) is 10.7 Å². The van der Waals surface area contributed by atoms with E-state index < -0.39 is 65.9 Å². The monoisotopic (exact) mass is 668 g/mol. The third-order valence-electron chi connectivity index (χ3n) is 7.21. The number of benzene rings is 2. The summed E-state index contributed by atoms with van der Waals surface area (Å²) >= 11 is 0. The van der Waals surface area contributed by atoms with Gasteiger partial charge in [0.1, 0.15) is 31.8 Å². The maximum Gasteiger partial charge on any atom is 0.407 e. The molecule has 258 valence electrons. The summed E-state index contributed by atoms with van der Waals surface area (Å²) in [6, 6.07) is 16.1. The van der Waals surface area contributed by atoms with Gasteiger partial charge in [-0.3, -0.25) is 14.4 Å². The summed E-state index contributed by atoms with van der Waals surface area (Å²) < 4.78 is 10.6. The predicted octanol–water partition coefficient (Wildman–Crippen LogP) is 0.467. The van der Waals surface area contributed by atoms with E-state index >= 15 is 0 Å². The molecule has 0 unspecified atom stereocenters. The lowest BCUT2D eigenvalue weighted by Gasteiger charge is -2.29. The first-order valence-corrected chi connectivity index (χ1v) is 15.2. The molecule has 0 spiro atoms. The summed E-state index contributed by atoms with van der Waals surface area (Å²) in [6.07, 6.45) is 0.357. The van der Waals surface area contributed by atoms with Crippen molar-refractivity contribution in [1.82, 2.24) is 25.9 Å². The van der Waals surface area contributed by atoms with Crippen molar-refractivity contribution in [3.8, 4) is 0 Å². The SMILES string of the molecule is CN(CC(=O)N[C@@H](CCCN=C(N)N[N+](=O)[O-])C(=O)N1CCC[C@H]1C(=O)OCc1ccccc1)C(=O)CNC(=O)OCc1ccccc1. The molecule has 48 heavy (non-hydrogen) atoms. The molecule has 0 aliphatic carbocycles. The van der Waals surface area contributed by atoms with E-state index in [4.69, 9.17) is 15.2 Å². The average Bonchev–Trinajstić information content (AvgIpc) is 3.57. The van der Waals surface area contributed by atoms with Crippen molar-refractivity contribution in [1.29, 1.82) is 0 Å². The number of hydrogen-bond donors (Lipinski definition) is 4. The van der Waals surface area contributed by atoms with Gasteiger partial charge in [-0.25, -0.2) is 24.7 Å². The molecule has 0 radical (unpaired) electrons. The number of nitro groups is 1. The van der Waals surface area contributed by atoms with Gasteiger partial charge in [0, 0.05) is 20.1 Å². The molecule has 1 aliphatic rings. The van der Waals surface area contributed by atoms with Crippen LogP contribution < -0.4 is 21.8 Å². The molecule has 0 aromatic heterocycles.